The summed E-state index contributed by atoms with van der Waals surface area (Å²) in [5.74, 6) is 1.76. The van der Waals surface area contributed by atoms with E-state index in [-0.39, 0.29) is 74.8 Å². The lowest BCUT2D eigenvalue weighted by Gasteiger charge is -2.12. The molecule has 84 heavy (non-hydrogen) atoms. The molecular formula is C60H58ClF6N9O8. The number of fused-ring (bicyclic) bond motifs is 2. The molecule has 10 rings (SSSR count). The van der Waals surface area contributed by atoms with Gasteiger partial charge in [-0.25, -0.2) is 19.6 Å². The van der Waals surface area contributed by atoms with Gasteiger partial charge in [-0.05, 0) is 108 Å². The van der Waals surface area contributed by atoms with Crippen LogP contribution in [0.1, 0.15) is 63.6 Å². The third kappa shape index (κ3) is 15.6. The number of alkyl halides is 7. The number of pyridine rings is 2. The molecule has 0 radical (unpaired) electrons. The number of halogens is 7. The summed E-state index contributed by atoms with van der Waals surface area (Å²) in [6.07, 6.45) is -5.61. The Kier molecular flexibility index (Phi) is 19.9. The van der Waals surface area contributed by atoms with Gasteiger partial charge in [-0.2, -0.15) is 0 Å². The van der Waals surface area contributed by atoms with Crippen LogP contribution in [0.15, 0.2) is 158 Å². The number of imidazole rings is 1. The van der Waals surface area contributed by atoms with Crippen molar-refractivity contribution in [3.05, 3.63) is 232 Å². The van der Waals surface area contributed by atoms with E-state index in [9.17, 15) is 45.5 Å². The topological polar surface area (TPSA) is 181 Å². The van der Waals surface area contributed by atoms with E-state index in [4.69, 9.17) is 21.1 Å². The van der Waals surface area contributed by atoms with Crippen LogP contribution in [0.25, 0.3) is 11.2 Å². The fourth-order valence-electron chi connectivity index (χ4n) is 8.89. The molecule has 1 aliphatic heterocycles. The van der Waals surface area contributed by atoms with Crippen LogP contribution in [-0.4, -0.2) is 70.4 Å². The maximum atomic E-state index is 13.9. The minimum absolute atomic E-state index is 0. The highest BCUT2D eigenvalue weighted by molar-refractivity contribution is 6.16. The standard InChI is InChI=1S/C29H26F3N5O4.C23H20F3N3O4.C7H8ClN.CH4/c1-18-7-10-21(33-15-18)17-36-24(14-20-5-4-6-23(13-20)41-29(30,31)32)34-26-25(36)27(38)37(28(39)35(26)2)16-19-8-11-22(40-3)12-9-19;1-28-20-19(21(30)29(22(28)31)13-14-6-8-17(32-2)9-7-14)12-16(27-20)10-15-4-3-5-18(11-15)33-23(24,25)26;1-6-2-3-7(4-8)9-5-6;/h4-13,15H,14,16-17H2,1-3H3;3-9,11H,10,12-13H2,1-2H3;2-3,5H,4H2,1H3;1H4. The molecule has 9 aromatic rings. The van der Waals surface area contributed by atoms with Crippen molar-refractivity contribution in [2.24, 2.45) is 19.1 Å². The minimum atomic E-state index is -4.84. The molecule has 6 heterocycles. The highest BCUT2D eigenvalue weighted by Crippen LogP contribution is 2.28. The zero-order chi connectivity index (χ0) is 59.8. The first-order chi connectivity index (χ1) is 39.5. The van der Waals surface area contributed by atoms with Gasteiger partial charge in [0.15, 0.2) is 11.2 Å². The SMILES string of the molecule is C.COc1ccc(Cn2c(=O)c3c(n(C)c2=O)N=C(Cc2cccc(OC(F)(F)F)c2)C3)cc1.COc1ccc(Cn2c(=O)c3c(nc(Cc4cccc(OC(F)(F)F)c4)n3Cc3ccc(C)cn3)n(C)c2=O)cc1.Cc1ccc(CCl)nc1. The maximum absolute atomic E-state index is 13.9. The second-order valence-electron chi connectivity index (χ2n) is 19.1. The van der Waals surface area contributed by atoms with Crippen LogP contribution in [0.4, 0.5) is 32.2 Å². The molecule has 0 amide bonds. The first-order valence-electron chi connectivity index (χ1n) is 25.4. The summed E-state index contributed by atoms with van der Waals surface area (Å²) in [4.78, 5) is 70.6. The van der Waals surface area contributed by atoms with Gasteiger partial charge in [0.2, 0.25) is 0 Å². The van der Waals surface area contributed by atoms with Crippen molar-refractivity contribution >= 4 is 34.3 Å². The second-order valence-corrected chi connectivity index (χ2v) is 19.4. The van der Waals surface area contributed by atoms with Gasteiger partial charge in [-0.15, -0.1) is 37.9 Å². The predicted molar refractivity (Wildman–Crippen MR) is 306 cm³/mol. The summed E-state index contributed by atoms with van der Waals surface area (Å²) in [5.41, 5.74) is 5.47. The largest absolute Gasteiger partial charge is 0.573 e. The normalized spacial score (nSPS) is 11.8. The Morgan fingerprint density at radius 3 is 1.52 bits per heavy atom. The summed E-state index contributed by atoms with van der Waals surface area (Å²) in [6.45, 7) is 4.17. The number of ether oxygens (including phenoxy) is 4. The maximum Gasteiger partial charge on any atom is 0.573 e. The van der Waals surface area contributed by atoms with Gasteiger partial charge in [0.25, 0.3) is 11.1 Å². The van der Waals surface area contributed by atoms with E-state index in [1.165, 1.54) is 65.2 Å². The Morgan fingerprint density at radius 1 is 0.560 bits per heavy atom. The van der Waals surface area contributed by atoms with Crippen molar-refractivity contribution in [2.75, 3.05) is 14.2 Å². The Hall–Kier alpha value is -9.25. The molecule has 17 nitrogen and oxygen atoms in total. The van der Waals surface area contributed by atoms with Gasteiger partial charge in [0.1, 0.15) is 34.6 Å². The van der Waals surface area contributed by atoms with Crippen molar-refractivity contribution in [2.45, 2.75) is 78.8 Å². The highest BCUT2D eigenvalue weighted by atomic mass is 35.5. The summed E-state index contributed by atoms with van der Waals surface area (Å²) in [7, 11) is 6.16. The van der Waals surface area contributed by atoms with Gasteiger partial charge in [0.05, 0.1) is 56.7 Å². The van der Waals surface area contributed by atoms with Gasteiger partial charge < -0.3 is 23.5 Å². The summed E-state index contributed by atoms with van der Waals surface area (Å²) >= 11 is 5.52. The summed E-state index contributed by atoms with van der Waals surface area (Å²) in [6, 6.07) is 32.9. The molecule has 0 fully saturated rings. The Morgan fingerprint density at radius 2 is 1.05 bits per heavy atom. The molecule has 0 aliphatic carbocycles. The van der Waals surface area contributed by atoms with Gasteiger partial charge in [-0.3, -0.25) is 37.8 Å². The van der Waals surface area contributed by atoms with Gasteiger partial charge >= 0.3 is 24.1 Å². The second kappa shape index (κ2) is 26.8. The van der Waals surface area contributed by atoms with Crippen molar-refractivity contribution in [1.82, 2.24) is 37.8 Å². The van der Waals surface area contributed by atoms with Crippen LogP contribution in [0.3, 0.4) is 0 Å². The lowest BCUT2D eigenvalue weighted by Crippen LogP contribution is -2.40. The number of aromatic nitrogens is 8. The van der Waals surface area contributed by atoms with Crippen LogP contribution in [-0.2, 0) is 58.9 Å². The molecule has 0 N–H and O–H groups in total. The van der Waals surface area contributed by atoms with Crippen molar-refractivity contribution in [3.63, 3.8) is 0 Å². The van der Waals surface area contributed by atoms with E-state index in [2.05, 4.69) is 29.4 Å². The number of nitrogens with zero attached hydrogens (tertiary/aromatic N) is 9. The average Bonchev–Trinajstić information content (AvgIpc) is 2.10. The molecular weight excluding hydrogens is 1120 g/mol. The van der Waals surface area contributed by atoms with Crippen LogP contribution >= 0.6 is 11.6 Å². The molecule has 1 aliphatic rings. The summed E-state index contributed by atoms with van der Waals surface area (Å²) in [5, 5.41) is 0. The third-order valence-corrected chi connectivity index (χ3v) is 13.3. The van der Waals surface area contributed by atoms with E-state index in [0.717, 1.165) is 31.5 Å². The molecule has 24 heteroatoms. The molecule has 0 saturated heterocycles. The smallest absolute Gasteiger partial charge is 0.497 e. The van der Waals surface area contributed by atoms with Crippen LogP contribution in [0, 0.1) is 13.8 Å². The van der Waals surface area contributed by atoms with Crippen molar-refractivity contribution < 1.29 is 45.3 Å². The molecule has 0 saturated carbocycles. The zero-order valence-corrected chi connectivity index (χ0v) is 46.3. The first kappa shape index (κ1) is 62.4. The number of methoxy groups -OCH3 is 2. The Balaban J connectivity index is 0.000000211. The quantitative estimate of drug-likeness (QED) is 0.0704. The Bertz CT molecular complexity index is 4040. The van der Waals surface area contributed by atoms with Crippen molar-refractivity contribution in [3.8, 4) is 23.0 Å². The predicted octanol–water partition coefficient (Wildman–Crippen LogP) is 10.3. The molecule has 0 spiro atoms. The van der Waals surface area contributed by atoms with E-state index in [1.807, 2.05) is 44.3 Å². The lowest BCUT2D eigenvalue weighted by atomic mass is 10.0. The zero-order valence-electron chi connectivity index (χ0n) is 45.6. The molecule has 4 aromatic carbocycles. The number of aliphatic imine (C=N–C) groups is 1. The van der Waals surface area contributed by atoms with Crippen LogP contribution < -0.4 is 41.4 Å². The fourth-order valence-corrected chi connectivity index (χ4v) is 9.05. The molecule has 440 valence electrons. The fraction of sp³-hybridized carbons (Fsp3) is 0.267. The van der Waals surface area contributed by atoms with Crippen molar-refractivity contribution in [1.29, 1.82) is 0 Å². The monoisotopic (exact) mass is 1180 g/mol. The number of hydrogen-bond donors (Lipinski definition) is 0. The number of rotatable bonds is 15. The molecule has 0 unspecified atom stereocenters. The molecule has 5 aromatic heterocycles. The minimum Gasteiger partial charge on any atom is -0.497 e. The van der Waals surface area contributed by atoms with E-state index >= 15 is 0 Å². The van der Waals surface area contributed by atoms with E-state index < -0.39 is 35.2 Å². The van der Waals surface area contributed by atoms with E-state index in [0.29, 0.717) is 51.3 Å². The van der Waals surface area contributed by atoms with Crippen LogP contribution in [0.2, 0.25) is 0 Å². The Labute approximate surface area is 482 Å². The number of hydrogen-bond acceptors (Lipinski definition) is 12. The van der Waals surface area contributed by atoms with Gasteiger partial charge in [0, 0.05) is 51.5 Å². The highest BCUT2D eigenvalue weighted by Gasteiger charge is 2.32. The average molecular weight is 1180 g/mol. The van der Waals surface area contributed by atoms with Gasteiger partial charge in [-0.1, -0.05) is 68.1 Å². The molecule has 0 bridgehead atoms. The number of aryl methyl sites for hydroxylation is 3. The third-order valence-electron chi connectivity index (χ3n) is 13.0. The van der Waals surface area contributed by atoms with E-state index in [1.54, 1.807) is 85.6 Å². The van der Waals surface area contributed by atoms with Crippen LogP contribution in [0.5, 0.6) is 23.0 Å². The number of benzene rings is 4. The lowest BCUT2D eigenvalue weighted by molar-refractivity contribution is -0.275. The first-order valence-corrected chi connectivity index (χ1v) is 26.0. The molecule has 0 atom stereocenters. The summed E-state index contributed by atoms with van der Waals surface area (Å²) < 4.78 is 101.